The zero-order chi connectivity index (χ0) is 23.5. The maximum absolute atomic E-state index is 13.9. The van der Waals surface area contributed by atoms with Crippen molar-refractivity contribution in [2.75, 3.05) is 31.0 Å². The van der Waals surface area contributed by atoms with Crippen LogP contribution in [-0.2, 0) is 4.74 Å². The Morgan fingerprint density at radius 1 is 1.12 bits per heavy atom. The van der Waals surface area contributed by atoms with E-state index in [2.05, 4.69) is 30.6 Å². The fraction of sp³-hybridized carbons (Fsp3) is 0.250. The van der Waals surface area contributed by atoms with Crippen LogP contribution in [-0.4, -0.2) is 40.3 Å². The van der Waals surface area contributed by atoms with Crippen LogP contribution in [0.1, 0.15) is 24.5 Å². The number of halogens is 1. The van der Waals surface area contributed by atoms with Gasteiger partial charge in [-0.1, -0.05) is 12.1 Å². The van der Waals surface area contributed by atoms with Crippen molar-refractivity contribution in [2.45, 2.75) is 18.8 Å². The summed E-state index contributed by atoms with van der Waals surface area (Å²) in [6, 6.07) is 9.73. The second-order valence-electron chi connectivity index (χ2n) is 7.93. The molecule has 3 N–H and O–H groups in total. The van der Waals surface area contributed by atoms with Crippen molar-refractivity contribution >= 4 is 34.0 Å². The fourth-order valence-electron chi connectivity index (χ4n) is 3.97. The van der Waals surface area contributed by atoms with Gasteiger partial charge in [0.1, 0.15) is 28.8 Å². The standard InChI is InChI=1S/C24H23FN6O3/c1-33-20-12-17(14-6-9-34-10-7-14)27-13-19(20)29-24-26-8-5-21(30-24)28-18-11-15-3-2-4-16(25)22(15)31-23(18)32/h2-5,8,11-14H,6-7,9-10H2,1H3,(H,31,32)(H2,26,28,29,30). The average molecular weight is 462 g/mol. The van der Waals surface area contributed by atoms with Crippen LogP contribution in [0.2, 0.25) is 0 Å². The molecule has 10 heteroatoms. The summed E-state index contributed by atoms with van der Waals surface area (Å²) in [4.78, 5) is 28.3. The zero-order valence-corrected chi connectivity index (χ0v) is 18.5. The Bertz CT molecular complexity index is 1390. The Morgan fingerprint density at radius 2 is 1.97 bits per heavy atom. The highest BCUT2D eigenvalue weighted by Gasteiger charge is 2.19. The highest BCUT2D eigenvalue weighted by molar-refractivity contribution is 5.82. The second kappa shape index (κ2) is 9.44. The summed E-state index contributed by atoms with van der Waals surface area (Å²) in [5.41, 5.74) is 1.53. The number of hydrogen-bond donors (Lipinski definition) is 3. The Kier molecular flexibility index (Phi) is 6.05. The molecule has 34 heavy (non-hydrogen) atoms. The molecule has 1 saturated heterocycles. The molecule has 0 saturated carbocycles. The Hall–Kier alpha value is -4.05. The smallest absolute Gasteiger partial charge is 0.272 e. The van der Waals surface area contributed by atoms with Gasteiger partial charge in [-0.15, -0.1) is 0 Å². The summed E-state index contributed by atoms with van der Waals surface area (Å²) >= 11 is 0. The van der Waals surface area contributed by atoms with Crippen LogP contribution in [0.3, 0.4) is 0 Å². The first-order valence-electron chi connectivity index (χ1n) is 10.9. The molecule has 0 unspecified atom stereocenters. The maximum atomic E-state index is 13.9. The van der Waals surface area contributed by atoms with Crippen LogP contribution in [0.4, 0.5) is 27.5 Å². The molecule has 1 fully saturated rings. The molecule has 0 amide bonds. The monoisotopic (exact) mass is 462 g/mol. The third-order valence-corrected chi connectivity index (χ3v) is 5.74. The molecule has 0 aliphatic carbocycles. The SMILES string of the molecule is COc1cc(C2CCOCC2)ncc1Nc1nccc(Nc2cc3cccc(F)c3[nH]c2=O)n1. The largest absolute Gasteiger partial charge is 0.494 e. The van der Waals surface area contributed by atoms with Gasteiger partial charge in [-0.05, 0) is 31.0 Å². The summed E-state index contributed by atoms with van der Waals surface area (Å²) in [5, 5.41) is 6.66. The van der Waals surface area contributed by atoms with E-state index in [-0.39, 0.29) is 11.2 Å². The predicted octanol–water partition coefficient (Wildman–Crippen LogP) is 4.24. The van der Waals surface area contributed by atoms with Crippen LogP contribution in [0.15, 0.2) is 53.6 Å². The molecule has 0 bridgehead atoms. The van der Waals surface area contributed by atoms with Crippen molar-refractivity contribution in [1.29, 1.82) is 0 Å². The molecule has 4 aromatic rings. The minimum absolute atomic E-state index is 0.159. The molecule has 0 spiro atoms. The quantitative estimate of drug-likeness (QED) is 0.390. The number of methoxy groups -OCH3 is 1. The molecular weight excluding hydrogens is 439 g/mol. The maximum Gasteiger partial charge on any atom is 0.272 e. The van der Waals surface area contributed by atoms with Crippen LogP contribution < -0.4 is 20.9 Å². The van der Waals surface area contributed by atoms with Crippen molar-refractivity contribution in [3.8, 4) is 5.75 Å². The van der Waals surface area contributed by atoms with Crippen LogP contribution in [0.5, 0.6) is 5.75 Å². The molecule has 4 heterocycles. The molecule has 5 rings (SSSR count). The number of rotatable bonds is 6. The number of nitrogens with one attached hydrogen (secondary N) is 3. The van der Waals surface area contributed by atoms with Gasteiger partial charge in [0.15, 0.2) is 0 Å². The highest BCUT2D eigenvalue weighted by atomic mass is 19.1. The number of aromatic amines is 1. The van der Waals surface area contributed by atoms with Crippen LogP contribution in [0.25, 0.3) is 10.9 Å². The molecule has 1 aromatic carbocycles. The predicted molar refractivity (Wildman–Crippen MR) is 127 cm³/mol. The van der Waals surface area contributed by atoms with E-state index in [9.17, 15) is 9.18 Å². The summed E-state index contributed by atoms with van der Waals surface area (Å²) < 4.78 is 24.9. The van der Waals surface area contributed by atoms with E-state index in [1.807, 2.05) is 6.07 Å². The van der Waals surface area contributed by atoms with E-state index in [0.29, 0.717) is 34.5 Å². The van der Waals surface area contributed by atoms with Crippen molar-refractivity contribution < 1.29 is 13.9 Å². The van der Waals surface area contributed by atoms with Crippen molar-refractivity contribution in [3.63, 3.8) is 0 Å². The van der Waals surface area contributed by atoms with E-state index in [1.165, 1.54) is 6.07 Å². The first-order chi connectivity index (χ1) is 16.6. The van der Waals surface area contributed by atoms with Crippen LogP contribution in [0, 0.1) is 5.82 Å². The Labute approximate surface area is 194 Å². The average Bonchev–Trinajstić information content (AvgIpc) is 2.86. The topological polar surface area (TPSA) is 114 Å². The Balaban J connectivity index is 1.37. The summed E-state index contributed by atoms with van der Waals surface area (Å²) in [7, 11) is 1.60. The van der Waals surface area contributed by atoms with E-state index in [0.717, 1.165) is 31.7 Å². The lowest BCUT2D eigenvalue weighted by molar-refractivity contribution is 0.0844. The Morgan fingerprint density at radius 3 is 2.79 bits per heavy atom. The van der Waals surface area contributed by atoms with E-state index >= 15 is 0 Å². The molecule has 174 valence electrons. The number of nitrogens with zero attached hydrogens (tertiary/aromatic N) is 3. The number of H-pyrrole nitrogens is 1. The number of hydrogen-bond acceptors (Lipinski definition) is 8. The van der Waals surface area contributed by atoms with Gasteiger partial charge in [0, 0.05) is 42.5 Å². The lowest BCUT2D eigenvalue weighted by atomic mass is 9.96. The lowest BCUT2D eigenvalue weighted by Gasteiger charge is -2.22. The molecular formula is C24H23FN6O3. The van der Waals surface area contributed by atoms with E-state index in [1.54, 1.807) is 43.8 Å². The summed E-state index contributed by atoms with van der Waals surface area (Å²) in [6.45, 7) is 1.47. The number of ether oxygens (including phenoxy) is 2. The minimum Gasteiger partial charge on any atom is -0.494 e. The van der Waals surface area contributed by atoms with Crippen LogP contribution >= 0.6 is 0 Å². The first-order valence-corrected chi connectivity index (χ1v) is 10.9. The molecule has 3 aromatic heterocycles. The number of aromatic nitrogens is 4. The second-order valence-corrected chi connectivity index (χ2v) is 7.93. The number of benzene rings is 1. The molecule has 1 aliphatic rings. The molecule has 0 radical (unpaired) electrons. The number of anilines is 4. The minimum atomic E-state index is -0.486. The van der Waals surface area contributed by atoms with Gasteiger partial charge in [-0.25, -0.2) is 9.37 Å². The lowest BCUT2D eigenvalue weighted by Crippen LogP contribution is -2.15. The summed E-state index contributed by atoms with van der Waals surface area (Å²) in [5.74, 6) is 1.18. The third kappa shape index (κ3) is 4.53. The van der Waals surface area contributed by atoms with Gasteiger partial charge in [0.2, 0.25) is 5.95 Å². The van der Waals surface area contributed by atoms with Gasteiger partial charge in [-0.3, -0.25) is 9.78 Å². The summed E-state index contributed by atoms with van der Waals surface area (Å²) in [6.07, 6.45) is 5.12. The van der Waals surface area contributed by atoms with Gasteiger partial charge in [0.25, 0.3) is 5.56 Å². The molecule has 9 nitrogen and oxygen atoms in total. The number of para-hydroxylation sites is 1. The van der Waals surface area contributed by atoms with E-state index in [4.69, 9.17) is 9.47 Å². The van der Waals surface area contributed by atoms with Crippen molar-refractivity contribution in [2.24, 2.45) is 0 Å². The van der Waals surface area contributed by atoms with Crippen molar-refractivity contribution in [3.05, 3.63) is 70.7 Å². The zero-order valence-electron chi connectivity index (χ0n) is 18.5. The van der Waals surface area contributed by atoms with Crippen molar-refractivity contribution in [1.82, 2.24) is 19.9 Å². The van der Waals surface area contributed by atoms with Gasteiger partial charge in [0.05, 0.1) is 18.8 Å². The van der Waals surface area contributed by atoms with Gasteiger partial charge >= 0.3 is 0 Å². The molecule has 1 aliphatic heterocycles. The number of fused-ring (bicyclic) bond motifs is 1. The third-order valence-electron chi connectivity index (χ3n) is 5.74. The highest BCUT2D eigenvalue weighted by Crippen LogP contribution is 2.32. The first kappa shape index (κ1) is 21.8. The van der Waals surface area contributed by atoms with Gasteiger partial charge in [-0.2, -0.15) is 4.98 Å². The fourth-order valence-corrected chi connectivity index (χ4v) is 3.97. The van der Waals surface area contributed by atoms with E-state index < -0.39 is 11.4 Å². The normalized spacial score (nSPS) is 14.2. The number of pyridine rings is 2. The molecule has 0 atom stereocenters. The van der Waals surface area contributed by atoms with Gasteiger partial charge < -0.3 is 25.1 Å².